The Labute approximate surface area is 74.8 Å². The number of carbonyl (C=O) groups is 1. The van der Waals surface area contributed by atoms with Crippen molar-refractivity contribution in [3.63, 3.8) is 0 Å². The average Bonchev–Trinajstić information content (AvgIpc) is 2.13. The predicted molar refractivity (Wildman–Crippen MR) is 49.0 cm³/mol. The van der Waals surface area contributed by atoms with E-state index in [9.17, 15) is 14.4 Å². The number of aromatic amines is 2. The minimum Gasteiger partial charge on any atom is -0.295 e. The van der Waals surface area contributed by atoms with Crippen LogP contribution in [0.3, 0.4) is 0 Å². The molecule has 0 bridgehead atoms. The molecule has 1 aromatic heterocycles. The Morgan fingerprint density at radius 3 is 2.15 bits per heavy atom. The summed E-state index contributed by atoms with van der Waals surface area (Å²) in [5.74, 6) is -0.293. The Bertz CT molecular complexity index is 389. The third-order valence-electron chi connectivity index (χ3n) is 1.19. The summed E-state index contributed by atoms with van der Waals surface area (Å²) < 4.78 is 0. The van der Waals surface area contributed by atoms with Crippen LogP contribution in [0.15, 0.2) is 15.7 Å². The zero-order chi connectivity index (χ0) is 10.4. The maximum atomic E-state index is 10.6. The number of hydrogen-bond acceptors (Lipinski definition) is 3. The number of nitrogens with one attached hydrogen (secondary N) is 2. The van der Waals surface area contributed by atoms with Crippen molar-refractivity contribution in [2.75, 3.05) is 0 Å². The molecule has 0 spiro atoms. The van der Waals surface area contributed by atoms with E-state index >= 15 is 0 Å². The third kappa shape index (κ3) is 3.06. The van der Waals surface area contributed by atoms with Crippen molar-refractivity contribution < 1.29 is 4.79 Å². The summed E-state index contributed by atoms with van der Waals surface area (Å²) in [7, 11) is 0. The van der Waals surface area contributed by atoms with Crippen LogP contribution in [0, 0.1) is 0 Å². The standard InChI is InChI=1S/C6H6N2O3.C2H6/c1-3(9)4-2-5(10)6(11)8-7-4;1-2/h2H,1H3,(H,7,10)(H,8,11);1-2H3. The molecule has 1 aromatic rings. The number of carbonyl (C=O) groups excluding carboxylic acids is 1. The van der Waals surface area contributed by atoms with Gasteiger partial charge in [0, 0.05) is 13.0 Å². The molecule has 0 saturated carbocycles. The van der Waals surface area contributed by atoms with Crippen LogP contribution in [0.5, 0.6) is 0 Å². The van der Waals surface area contributed by atoms with E-state index in [0.717, 1.165) is 6.07 Å². The first kappa shape index (κ1) is 11.4. The van der Waals surface area contributed by atoms with Gasteiger partial charge in [0.1, 0.15) is 5.69 Å². The molecule has 0 aromatic carbocycles. The molecule has 13 heavy (non-hydrogen) atoms. The first-order valence-electron chi connectivity index (χ1n) is 3.94. The quantitative estimate of drug-likeness (QED) is 0.486. The van der Waals surface area contributed by atoms with E-state index in [-0.39, 0.29) is 11.5 Å². The minimum absolute atomic E-state index is 0.106. The largest absolute Gasteiger partial charge is 0.310 e. The molecule has 5 heteroatoms. The SMILES string of the molecule is CC.CC(=O)c1cc(=O)c(=O)[nH][nH]1. The fraction of sp³-hybridized carbons (Fsp3) is 0.375. The maximum Gasteiger partial charge on any atom is 0.310 e. The van der Waals surface area contributed by atoms with E-state index in [1.165, 1.54) is 6.92 Å². The monoisotopic (exact) mass is 184 g/mol. The number of Topliss-reactive ketones (excluding diaryl/α,β-unsaturated/α-hetero) is 1. The van der Waals surface area contributed by atoms with Crippen molar-refractivity contribution >= 4 is 5.78 Å². The molecule has 1 rings (SSSR count). The number of rotatable bonds is 1. The first-order chi connectivity index (χ1) is 6.11. The second kappa shape index (κ2) is 5.08. The zero-order valence-electron chi connectivity index (χ0n) is 7.80. The highest BCUT2D eigenvalue weighted by molar-refractivity contribution is 5.91. The number of H-pyrrole nitrogens is 2. The second-order valence-electron chi connectivity index (χ2n) is 2.06. The molecule has 0 aliphatic rings. The first-order valence-corrected chi connectivity index (χ1v) is 3.94. The Morgan fingerprint density at radius 2 is 1.77 bits per heavy atom. The maximum absolute atomic E-state index is 10.6. The van der Waals surface area contributed by atoms with Crippen molar-refractivity contribution in [2.45, 2.75) is 20.8 Å². The normalized spacial score (nSPS) is 8.54. The van der Waals surface area contributed by atoms with Crippen LogP contribution in [0.1, 0.15) is 31.3 Å². The van der Waals surface area contributed by atoms with Gasteiger partial charge in [0.25, 0.3) is 0 Å². The van der Waals surface area contributed by atoms with Gasteiger partial charge in [-0.2, -0.15) is 0 Å². The summed E-state index contributed by atoms with van der Waals surface area (Å²) in [6.45, 7) is 5.30. The van der Waals surface area contributed by atoms with Gasteiger partial charge in [-0.15, -0.1) is 0 Å². The van der Waals surface area contributed by atoms with Crippen molar-refractivity contribution in [3.05, 3.63) is 32.3 Å². The van der Waals surface area contributed by atoms with Gasteiger partial charge in [-0.3, -0.25) is 24.6 Å². The highest BCUT2D eigenvalue weighted by atomic mass is 16.2. The van der Waals surface area contributed by atoms with Gasteiger partial charge in [-0.05, 0) is 0 Å². The summed E-state index contributed by atoms with van der Waals surface area (Å²) in [4.78, 5) is 31.7. The fourth-order valence-electron chi connectivity index (χ4n) is 0.608. The lowest BCUT2D eigenvalue weighted by atomic mass is 10.3. The summed E-state index contributed by atoms with van der Waals surface area (Å²) >= 11 is 0. The van der Waals surface area contributed by atoms with Crippen LogP contribution >= 0.6 is 0 Å². The highest BCUT2D eigenvalue weighted by Crippen LogP contribution is 1.84. The molecule has 72 valence electrons. The molecule has 0 aliphatic carbocycles. The molecule has 0 fully saturated rings. The molecule has 0 amide bonds. The molecule has 0 unspecified atom stereocenters. The Hall–Kier alpha value is -1.65. The molecule has 5 nitrogen and oxygen atoms in total. The lowest BCUT2D eigenvalue weighted by Gasteiger charge is -1.91. The number of aromatic nitrogens is 2. The average molecular weight is 184 g/mol. The van der Waals surface area contributed by atoms with Gasteiger partial charge in [0.05, 0.1) is 0 Å². The third-order valence-corrected chi connectivity index (χ3v) is 1.19. The van der Waals surface area contributed by atoms with Crippen molar-refractivity contribution in [1.82, 2.24) is 10.2 Å². The van der Waals surface area contributed by atoms with Crippen LogP contribution in [0.2, 0.25) is 0 Å². The Kier molecular flexibility index (Phi) is 4.43. The van der Waals surface area contributed by atoms with Gasteiger partial charge in [-0.25, -0.2) is 0 Å². The van der Waals surface area contributed by atoms with Gasteiger partial charge >= 0.3 is 5.56 Å². The smallest absolute Gasteiger partial charge is 0.295 e. The van der Waals surface area contributed by atoms with Gasteiger partial charge < -0.3 is 0 Å². The fourth-order valence-corrected chi connectivity index (χ4v) is 0.608. The van der Waals surface area contributed by atoms with E-state index in [4.69, 9.17) is 0 Å². The summed E-state index contributed by atoms with van der Waals surface area (Å²) in [6.07, 6.45) is 0. The van der Waals surface area contributed by atoms with E-state index in [1.807, 2.05) is 18.9 Å². The molecule has 2 N–H and O–H groups in total. The van der Waals surface area contributed by atoms with Crippen molar-refractivity contribution in [1.29, 1.82) is 0 Å². The van der Waals surface area contributed by atoms with Crippen molar-refractivity contribution in [3.8, 4) is 0 Å². The minimum atomic E-state index is -0.755. The molecule has 1 heterocycles. The van der Waals surface area contributed by atoms with E-state index in [0.29, 0.717) is 0 Å². The zero-order valence-corrected chi connectivity index (χ0v) is 7.80. The lowest BCUT2D eigenvalue weighted by Crippen LogP contribution is -2.28. The molecule has 0 aliphatic heterocycles. The number of hydrogen-bond donors (Lipinski definition) is 2. The molecular formula is C8H12N2O3. The lowest BCUT2D eigenvalue weighted by molar-refractivity contribution is 0.101. The van der Waals surface area contributed by atoms with E-state index in [2.05, 4.69) is 5.10 Å². The predicted octanol–water partition coefficient (Wildman–Crippen LogP) is 0.292. The van der Waals surface area contributed by atoms with Gasteiger partial charge in [0.15, 0.2) is 5.78 Å². The van der Waals surface area contributed by atoms with Crippen LogP contribution in [0.4, 0.5) is 0 Å². The molecule has 0 radical (unpaired) electrons. The summed E-state index contributed by atoms with van der Waals surface area (Å²) in [6, 6.07) is 0.973. The van der Waals surface area contributed by atoms with Crippen LogP contribution in [0.25, 0.3) is 0 Å². The van der Waals surface area contributed by atoms with Crippen molar-refractivity contribution in [2.24, 2.45) is 0 Å². The Morgan fingerprint density at radius 1 is 1.23 bits per heavy atom. The van der Waals surface area contributed by atoms with Crippen LogP contribution in [-0.2, 0) is 0 Å². The van der Waals surface area contributed by atoms with Crippen LogP contribution < -0.4 is 11.0 Å². The molecule has 0 atom stereocenters. The Balaban J connectivity index is 0.000000671. The van der Waals surface area contributed by atoms with E-state index < -0.39 is 11.0 Å². The summed E-state index contributed by atoms with van der Waals surface area (Å²) in [5, 5.41) is 4.33. The molecular weight excluding hydrogens is 172 g/mol. The van der Waals surface area contributed by atoms with Gasteiger partial charge in [0.2, 0.25) is 5.43 Å². The molecule has 0 saturated heterocycles. The second-order valence-corrected chi connectivity index (χ2v) is 2.06. The highest BCUT2D eigenvalue weighted by Gasteiger charge is 2.00. The number of ketones is 1. The van der Waals surface area contributed by atoms with E-state index in [1.54, 1.807) is 0 Å². The summed E-state index contributed by atoms with van der Waals surface area (Å²) in [5.41, 5.74) is -1.36. The van der Waals surface area contributed by atoms with Gasteiger partial charge in [-0.1, -0.05) is 13.8 Å². The van der Waals surface area contributed by atoms with Crippen LogP contribution in [-0.4, -0.2) is 16.0 Å². The topological polar surface area (TPSA) is 82.8 Å².